The van der Waals surface area contributed by atoms with E-state index in [-0.39, 0.29) is 0 Å². The number of benzene rings is 1. The average Bonchev–Trinajstić information content (AvgIpc) is 2.78. The molecule has 0 aliphatic rings. The number of para-hydroxylation sites is 1. The third-order valence-corrected chi connectivity index (χ3v) is 3.33. The Kier molecular flexibility index (Phi) is 2.82. The van der Waals surface area contributed by atoms with Gasteiger partial charge in [0.1, 0.15) is 5.69 Å². The van der Waals surface area contributed by atoms with Crippen LogP contribution < -0.4 is 4.57 Å². The van der Waals surface area contributed by atoms with E-state index in [2.05, 4.69) is 65.7 Å². The maximum Gasteiger partial charge on any atom is 0.273 e. The number of imidazole rings is 1. The zero-order valence-corrected chi connectivity index (χ0v) is 11.5. The fraction of sp³-hybridized carbons (Fsp3) is 0.250. The molecule has 3 nitrogen and oxygen atoms in total. The van der Waals surface area contributed by atoms with Crippen molar-refractivity contribution in [1.29, 1.82) is 0 Å². The summed E-state index contributed by atoms with van der Waals surface area (Å²) < 4.78 is 4.41. The van der Waals surface area contributed by atoms with Crippen molar-refractivity contribution in [1.82, 2.24) is 9.55 Å². The third-order valence-electron chi connectivity index (χ3n) is 3.33. The van der Waals surface area contributed by atoms with Crippen LogP contribution in [-0.2, 0) is 0 Å². The smallest absolute Gasteiger partial charge is 0.226 e. The van der Waals surface area contributed by atoms with E-state index in [4.69, 9.17) is 4.98 Å². The van der Waals surface area contributed by atoms with Gasteiger partial charge in [-0.15, -0.1) is 0 Å². The van der Waals surface area contributed by atoms with E-state index in [1.54, 1.807) is 0 Å². The molecule has 0 atom stereocenters. The molecule has 0 radical (unpaired) electrons. The van der Waals surface area contributed by atoms with Gasteiger partial charge in [-0.25, -0.2) is 9.55 Å². The van der Waals surface area contributed by atoms with E-state index in [1.165, 1.54) is 5.52 Å². The molecule has 0 amide bonds. The van der Waals surface area contributed by atoms with Gasteiger partial charge in [0, 0.05) is 5.69 Å². The molecule has 3 rings (SSSR count). The molecule has 2 aromatic heterocycles. The predicted molar refractivity (Wildman–Crippen MR) is 76.4 cm³/mol. The maximum atomic E-state index is 4.70. The molecule has 19 heavy (non-hydrogen) atoms. The standard InChI is InChI=1S/C16H18N3/c1-12(2)18-11-19(14-7-5-4-6-8-14)16-15(18)10-9-13(3)17-16/h4-12H,1-3H3/q+1. The number of nitrogens with zero attached hydrogens (tertiary/aromatic N) is 3. The van der Waals surface area contributed by atoms with Crippen LogP contribution in [0.5, 0.6) is 0 Å². The van der Waals surface area contributed by atoms with Crippen LogP contribution in [0.2, 0.25) is 0 Å². The summed E-state index contributed by atoms with van der Waals surface area (Å²) in [5.74, 6) is 0. The third kappa shape index (κ3) is 2.01. The second-order valence-electron chi connectivity index (χ2n) is 5.12. The van der Waals surface area contributed by atoms with Crippen LogP contribution in [0.25, 0.3) is 16.9 Å². The van der Waals surface area contributed by atoms with Gasteiger partial charge in [0.05, 0.1) is 6.04 Å². The first kappa shape index (κ1) is 11.9. The maximum absolute atomic E-state index is 4.70. The molecule has 1 aromatic carbocycles. The second-order valence-corrected chi connectivity index (χ2v) is 5.12. The highest BCUT2D eigenvalue weighted by Gasteiger charge is 2.20. The van der Waals surface area contributed by atoms with Crippen molar-refractivity contribution >= 4 is 11.2 Å². The Hall–Kier alpha value is -2.16. The number of fused-ring (bicyclic) bond motifs is 1. The number of hydrogen-bond acceptors (Lipinski definition) is 1. The van der Waals surface area contributed by atoms with Gasteiger partial charge in [-0.1, -0.05) is 18.2 Å². The molecular weight excluding hydrogens is 234 g/mol. The summed E-state index contributed by atoms with van der Waals surface area (Å²) in [5.41, 5.74) is 4.37. The van der Waals surface area contributed by atoms with Crippen LogP contribution in [0.3, 0.4) is 0 Å². The van der Waals surface area contributed by atoms with E-state index in [1.807, 2.05) is 13.0 Å². The van der Waals surface area contributed by atoms with Crippen molar-refractivity contribution in [2.75, 3.05) is 0 Å². The van der Waals surface area contributed by atoms with Crippen LogP contribution >= 0.6 is 0 Å². The monoisotopic (exact) mass is 252 g/mol. The first-order chi connectivity index (χ1) is 9.16. The molecule has 0 unspecified atom stereocenters. The molecule has 0 N–H and O–H groups in total. The van der Waals surface area contributed by atoms with Gasteiger partial charge >= 0.3 is 0 Å². The minimum atomic E-state index is 0.414. The second kappa shape index (κ2) is 4.50. The minimum Gasteiger partial charge on any atom is -0.226 e. The van der Waals surface area contributed by atoms with Crippen LogP contribution in [0.4, 0.5) is 0 Å². The molecule has 0 aliphatic heterocycles. The Morgan fingerprint density at radius 1 is 1.05 bits per heavy atom. The summed E-state index contributed by atoms with van der Waals surface area (Å²) in [4.78, 5) is 4.70. The summed E-state index contributed by atoms with van der Waals surface area (Å²) in [6.45, 7) is 6.41. The topological polar surface area (TPSA) is 21.7 Å². The molecule has 3 heteroatoms. The lowest BCUT2D eigenvalue weighted by Gasteiger charge is -1.99. The van der Waals surface area contributed by atoms with Crippen LogP contribution in [0.1, 0.15) is 25.6 Å². The van der Waals surface area contributed by atoms with Gasteiger partial charge in [0.15, 0.2) is 5.52 Å². The van der Waals surface area contributed by atoms with Crippen molar-refractivity contribution in [2.45, 2.75) is 26.8 Å². The number of rotatable bonds is 2. The Balaban J connectivity index is 2.33. The molecule has 0 saturated carbocycles. The predicted octanol–water partition coefficient (Wildman–Crippen LogP) is 3.20. The van der Waals surface area contributed by atoms with Gasteiger partial charge in [-0.2, -0.15) is 4.57 Å². The first-order valence-corrected chi connectivity index (χ1v) is 6.62. The van der Waals surface area contributed by atoms with Gasteiger partial charge in [-0.3, -0.25) is 0 Å². The zero-order valence-electron chi connectivity index (χ0n) is 11.5. The molecule has 2 heterocycles. The normalized spacial score (nSPS) is 11.4. The number of pyridine rings is 1. The van der Waals surface area contributed by atoms with E-state index >= 15 is 0 Å². The first-order valence-electron chi connectivity index (χ1n) is 6.62. The van der Waals surface area contributed by atoms with Crippen LogP contribution in [0.15, 0.2) is 48.8 Å². The van der Waals surface area contributed by atoms with Crippen molar-refractivity contribution in [3.63, 3.8) is 0 Å². The number of hydrogen-bond donors (Lipinski definition) is 0. The largest absolute Gasteiger partial charge is 0.273 e. The molecule has 96 valence electrons. The van der Waals surface area contributed by atoms with E-state index in [9.17, 15) is 0 Å². The van der Waals surface area contributed by atoms with Gasteiger partial charge in [-0.05, 0) is 45.0 Å². The number of aromatic nitrogens is 3. The van der Waals surface area contributed by atoms with E-state index < -0.39 is 0 Å². The molecule has 0 saturated heterocycles. The Morgan fingerprint density at radius 3 is 2.47 bits per heavy atom. The average molecular weight is 252 g/mol. The van der Waals surface area contributed by atoms with Crippen LogP contribution in [0, 0.1) is 6.92 Å². The lowest BCUT2D eigenvalue weighted by molar-refractivity contribution is -0.691. The SMILES string of the molecule is Cc1ccc2c(n1)n(-c1ccccc1)c[n+]2C(C)C. The lowest BCUT2D eigenvalue weighted by Crippen LogP contribution is -2.34. The summed E-state index contributed by atoms with van der Waals surface area (Å²) in [7, 11) is 0. The van der Waals surface area contributed by atoms with E-state index in [0.717, 1.165) is 17.0 Å². The summed E-state index contributed by atoms with van der Waals surface area (Å²) in [5, 5.41) is 0. The highest BCUT2D eigenvalue weighted by molar-refractivity contribution is 5.69. The Labute approximate surface area is 113 Å². The van der Waals surface area contributed by atoms with Gasteiger partial charge in [0.25, 0.3) is 12.0 Å². The Bertz CT molecular complexity index is 711. The fourth-order valence-corrected chi connectivity index (χ4v) is 2.34. The van der Waals surface area contributed by atoms with Crippen molar-refractivity contribution in [3.05, 3.63) is 54.5 Å². The number of aryl methyl sites for hydroxylation is 1. The molecule has 0 spiro atoms. The molecule has 0 fully saturated rings. The lowest BCUT2D eigenvalue weighted by atomic mass is 10.3. The van der Waals surface area contributed by atoms with Gasteiger partial charge in [0.2, 0.25) is 0 Å². The Morgan fingerprint density at radius 2 is 1.79 bits per heavy atom. The summed E-state index contributed by atoms with van der Waals surface area (Å²) in [6, 6.07) is 15.0. The van der Waals surface area contributed by atoms with Crippen molar-refractivity contribution < 1.29 is 4.57 Å². The quantitative estimate of drug-likeness (QED) is 0.642. The van der Waals surface area contributed by atoms with Crippen LogP contribution in [-0.4, -0.2) is 9.55 Å². The minimum absolute atomic E-state index is 0.414. The summed E-state index contributed by atoms with van der Waals surface area (Å²) >= 11 is 0. The van der Waals surface area contributed by atoms with Crippen molar-refractivity contribution in [3.8, 4) is 5.69 Å². The summed E-state index contributed by atoms with van der Waals surface area (Å²) in [6.07, 6.45) is 2.14. The fourth-order valence-electron chi connectivity index (χ4n) is 2.34. The highest BCUT2D eigenvalue weighted by Crippen LogP contribution is 2.17. The highest BCUT2D eigenvalue weighted by atomic mass is 15.2. The molecule has 0 aliphatic carbocycles. The molecular formula is C16H18N3+. The zero-order chi connectivity index (χ0) is 13.4. The van der Waals surface area contributed by atoms with Gasteiger partial charge < -0.3 is 0 Å². The van der Waals surface area contributed by atoms with E-state index in [0.29, 0.717) is 6.04 Å². The molecule has 0 bridgehead atoms. The molecule has 3 aromatic rings. The van der Waals surface area contributed by atoms with Crippen molar-refractivity contribution in [2.24, 2.45) is 0 Å².